The van der Waals surface area contributed by atoms with E-state index in [0.29, 0.717) is 18.2 Å². The van der Waals surface area contributed by atoms with Crippen LogP contribution in [0.3, 0.4) is 0 Å². The normalized spacial score (nSPS) is 16.7. The molecule has 2 aromatic rings. The number of likely N-dealkylation sites (tertiary alicyclic amines) is 1. The van der Waals surface area contributed by atoms with Crippen LogP contribution in [0.4, 0.5) is 10.5 Å². The van der Waals surface area contributed by atoms with Gasteiger partial charge in [0.05, 0.1) is 12.8 Å². The lowest BCUT2D eigenvalue weighted by Gasteiger charge is -2.30. The van der Waals surface area contributed by atoms with E-state index in [1.54, 1.807) is 7.11 Å². The highest BCUT2D eigenvalue weighted by Gasteiger charge is 2.26. The second-order valence-corrected chi connectivity index (χ2v) is 7.34. The van der Waals surface area contributed by atoms with Gasteiger partial charge in [-0.2, -0.15) is 0 Å². The molecule has 2 aliphatic rings. The first kappa shape index (κ1) is 17.6. The molecule has 0 atom stereocenters. The number of carbonyl (C=O) groups excluding carboxylic acids is 1. The second-order valence-electron chi connectivity index (χ2n) is 7.34. The van der Waals surface area contributed by atoms with Gasteiger partial charge < -0.3 is 9.64 Å². The first-order valence-corrected chi connectivity index (χ1v) is 9.54. The molecule has 27 heavy (non-hydrogen) atoms. The molecule has 0 radical (unpaired) electrons. The van der Waals surface area contributed by atoms with Crippen LogP contribution >= 0.6 is 0 Å². The van der Waals surface area contributed by atoms with E-state index in [1.165, 1.54) is 0 Å². The molecule has 0 aliphatic carbocycles. The Balaban J connectivity index is 1.58. The fourth-order valence-corrected chi connectivity index (χ4v) is 3.79. The highest BCUT2D eigenvalue weighted by atomic mass is 16.5. The standard InChI is InChI=1S/C22H25N3O2/c1-15-10-12-25(13-11-15)22(26)24-20-14-18-19(27-2)9-8-17(21(18)23-20)16-6-4-3-5-7-16/h3-9,15H,10-14H2,1-2H3,(H,23,24,26). The molecule has 0 unspecified atom stereocenters. The third-order valence-electron chi connectivity index (χ3n) is 5.46. The van der Waals surface area contributed by atoms with Crippen molar-refractivity contribution >= 4 is 17.6 Å². The van der Waals surface area contributed by atoms with Gasteiger partial charge in [-0.1, -0.05) is 37.3 Å². The molecule has 140 valence electrons. The minimum absolute atomic E-state index is 0.0475. The van der Waals surface area contributed by atoms with Gasteiger partial charge in [0.25, 0.3) is 0 Å². The Labute approximate surface area is 160 Å². The molecular formula is C22H25N3O2. The van der Waals surface area contributed by atoms with Crippen molar-refractivity contribution in [2.45, 2.75) is 26.2 Å². The van der Waals surface area contributed by atoms with Crippen LogP contribution in [0.25, 0.3) is 11.1 Å². The zero-order valence-electron chi connectivity index (χ0n) is 15.9. The van der Waals surface area contributed by atoms with E-state index in [-0.39, 0.29) is 6.03 Å². The van der Waals surface area contributed by atoms with Gasteiger partial charge in [-0.15, -0.1) is 0 Å². The van der Waals surface area contributed by atoms with Crippen LogP contribution in [-0.4, -0.2) is 37.0 Å². The van der Waals surface area contributed by atoms with Crippen molar-refractivity contribution in [3.05, 3.63) is 48.0 Å². The third kappa shape index (κ3) is 3.54. The van der Waals surface area contributed by atoms with Gasteiger partial charge in [-0.05, 0) is 36.5 Å². The fraction of sp³-hybridized carbons (Fsp3) is 0.364. The maximum absolute atomic E-state index is 12.6. The van der Waals surface area contributed by atoms with E-state index in [1.807, 2.05) is 35.2 Å². The molecular weight excluding hydrogens is 338 g/mol. The quantitative estimate of drug-likeness (QED) is 0.860. The number of fused-ring (bicyclic) bond motifs is 1. The van der Waals surface area contributed by atoms with Crippen molar-refractivity contribution in [1.29, 1.82) is 0 Å². The van der Waals surface area contributed by atoms with E-state index in [2.05, 4.69) is 24.4 Å². The summed E-state index contributed by atoms with van der Waals surface area (Å²) in [6.07, 6.45) is 2.70. The van der Waals surface area contributed by atoms with E-state index < -0.39 is 0 Å². The number of nitrogens with zero attached hydrogens (tertiary/aromatic N) is 2. The maximum Gasteiger partial charge on any atom is 0.322 e. The van der Waals surface area contributed by atoms with E-state index in [9.17, 15) is 4.79 Å². The summed E-state index contributed by atoms with van der Waals surface area (Å²) in [4.78, 5) is 19.3. The SMILES string of the molecule is COc1ccc(-c2ccccc2)c2c1CC(NC(=O)N1CCC(C)CC1)=N2. The number of amides is 2. The average Bonchev–Trinajstić information content (AvgIpc) is 3.11. The number of hydrogen-bond acceptors (Lipinski definition) is 3. The van der Waals surface area contributed by atoms with Gasteiger partial charge in [0, 0.05) is 30.6 Å². The molecule has 5 nitrogen and oxygen atoms in total. The van der Waals surface area contributed by atoms with Crippen molar-refractivity contribution in [3.8, 4) is 16.9 Å². The van der Waals surface area contributed by atoms with Crippen molar-refractivity contribution in [2.24, 2.45) is 10.9 Å². The maximum atomic E-state index is 12.6. The molecule has 2 aliphatic heterocycles. The number of nitrogens with one attached hydrogen (secondary N) is 1. The highest BCUT2D eigenvalue weighted by molar-refractivity contribution is 6.04. The summed E-state index contributed by atoms with van der Waals surface area (Å²) >= 11 is 0. The summed E-state index contributed by atoms with van der Waals surface area (Å²) in [5.41, 5.74) is 4.09. The number of rotatable bonds is 2. The summed E-state index contributed by atoms with van der Waals surface area (Å²) in [7, 11) is 1.67. The molecule has 0 bridgehead atoms. The first-order valence-electron chi connectivity index (χ1n) is 9.54. The van der Waals surface area contributed by atoms with Crippen molar-refractivity contribution in [3.63, 3.8) is 0 Å². The number of benzene rings is 2. The zero-order valence-corrected chi connectivity index (χ0v) is 15.9. The molecule has 2 amide bonds. The van der Waals surface area contributed by atoms with Gasteiger partial charge in [0.15, 0.2) is 0 Å². The van der Waals surface area contributed by atoms with E-state index >= 15 is 0 Å². The van der Waals surface area contributed by atoms with Crippen LogP contribution in [-0.2, 0) is 6.42 Å². The minimum Gasteiger partial charge on any atom is -0.496 e. The highest BCUT2D eigenvalue weighted by Crippen LogP contribution is 2.42. The van der Waals surface area contributed by atoms with Crippen LogP contribution in [0.2, 0.25) is 0 Å². The number of amidine groups is 1. The van der Waals surface area contributed by atoms with Crippen LogP contribution in [0.5, 0.6) is 5.75 Å². The smallest absolute Gasteiger partial charge is 0.322 e. The molecule has 1 fully saturated rings. The van der Waals surface area contributed by atoms with Gasteiger partial charge in [-0.25, -0.2) is 9.79 Å². The molecule has 5 heteroatoms. The number of methoxy groups -OCH3 is 1. The van der Waals surface area contributed by atoms with Gasteiger partial charge in [0.2, 0.25) is 0 Å². The average molecular weight is 363 g/mol. The Morgan fingerprint density at radius 3 is 2.59 bits per heavy atom. The predicted octanol–water partition coefficient (Wildman–Crippen LogP) is 4.39. The first-order chi connectivity index (χ1) is 13.2. The predicted molar refractivity (Wildman–Crippen MR) is 108 cm³/mol. The summed E-state index contributed by atoms with van der Waals surface area (Å²) in [6, 6.07) is 14.2. The number of hydrogen-bond donors (Lipinski definition) is 1. The Morgan fingerprint density at radius 1 is 1.15 bits per heavy atom. The van der Waals surface area contributed by atoms with E-state index in [0.717, 1.165) is 54.1 Å². The summed E-state index contributed by atoms with van der Waals surface area (Å²) in [5, 5.41) is 3.02. The molecule has 0 aromatic heterocycles. The lowest BCUT2D eigenvalue weighted by atomic mass is 9.99. The van der Waals surface area contributed by atoms with Gasteiger partial charge >= 0.3 is 6.03 Å². The van der Waals surface area contributed by atoms with Crippen LogP contribution in [0.1, 0.15) is 25.3 Å². The monoisotopic (exact) mass is 363 g/mol. The number of urea groups is 1. The van der Waals surface area contributed by atoms with Crippen molar-refractivity contribution in [2.75, 3.05) is 20.2 Å². The summed E-state index contributed by atoms with van der Waals surface area (Å²) in [6.45, 7) is 3.86. The largest absolute Gasteiger partial charge is 0.496 e. The Kier molecular flexibility index (Phi) is 4.84. The molecule has 2 heterocycles. The Bertz CT molecular complexity index is 869. The van der Waals surface area contributed by atoms with Crippen molar-refractivity contribution in [1.82, 2.24) is 10.2 Å². The zero-order chi connectivity index (χ0) is 18.8. The molecule has 0 saturated carbocycles. The van der Waals surface area contributed by atoms with Gasteiger partial charge in [0.1, 0.15) is 11.6 Å². The third-order valence-corrected chi connectivity index (χ3v) is 5.46. The van der Waals surface area contributed by atoms with E-state index in [4.69, 9.17) is 9.73 Å². The number of ether oxygens (including phenoxy) is 1. The van der Waals surface area contributed by atoms with Crippen molar-refractivity contribution < 1.29 is 9.53 Å². The molecule has 2 aromatic carbocycles. The number of carbonyl (C=O) groups is 1. The fourth-order valence-electron chi connectivity index (χ4n) is 3.79. The molecule has 1 saturated heterocycles. The lowest BCUT2D eigenvalue weighted by Crippen LogP contribution is -2.46. The van der Waals surface area contributed by atoms with Gasteiger partial charge in [-0.3, -0.25) is 5.32 Å². The van der Waals surface area contributed by atoms with Crippen LogP contribution < -0.4 is 10.1 Å². The van der Waals surface area contributed by atoms with Crippen LogP contribution in [0.15, 0.2) is 47.5 Å². The summed E-state index contributed by atoms with van der Waals surface area (Å²) in [5.74, 6) is 2.19. The Morgan fingerprint density at radius 2 is 1.89 bits per heavy atom. The lowest BCUT2D eigenvalue weighted by molar-refractivity contribution is 0.178. The molecule has 4 rings (SSSR count). The Hall–Kier alpha value is -2.82. The minimum atomic E-state index is -0.0475. The molecule has 1 N–H and O–H groups in total. The van der Waals surface area contributed by atoms with Crippen LogP contribution in [0, 0.1) is 5.92 Å². The summed E-state index contributed by atoms with van der Waals surface area (Å²) < 4.78 is 5.53. The molecule has 0 spiro atoms. The number of aliphatic imine (C=N–C) groups is 1. The second kappa shape index (κ2) is 7.43. The topological polar surface area (TPSA) is 53.9 Å². The number of piperidine rings is 1.